The van der Waals surface area contributed by atoms with Gasteiger partial charge in [0.05, 0.1) is 0 Å². The van der Waals surface area contributed by atoms with Gasteiger partial charge in [0.1, 0.15) is 11.3 Å². The summed E-state index contributed by atoms with van der Waals surface area (Å²) in [7, 11) is 0. The second kappa shape index (κ2) is 2.87. The highest BCUT2D eigenvalue weighted by Gasteiger charge is 2.06. The van der Waals surface area contributed by atoms with Crippen LogP contribution in [0.4, 0.5) is 0 Å². The highest BCUT2D eigenvalue weighted by molar-refractivity contribution is 7.79. The van der Waals surface area contributed by atoms with Crippen molar-refractivity contribution in [1.29, 1.82) is 0 Å². The molecule has 0 unspecified atom stereocenters. The molecule has 0 radical (unpaired) electrons. The van der Waals surface area contributed by atoms with Crippen LogP contribution in [0.25, 0.3) is 11.0 Å². The summed E-state index contributed by atoms with van der Waals surface area (Å²) in [6, 6.07) is 8.05. The maximum absolute atomic E-state index is 5.57. The van der Waals surface area contributed by atoms with Crippen LogP contribution in [-0.4, -0.2) is 0 Å². The second-order valence-electron chi connectivity index (χ2n) is 2.80. The molecule has 1 aromatic heterocycles. The Kier molecular flexibility index (Phi) is 1.85. The third-order valence-electron chi connectivity index (χ3n) is 2.09. The zero-order chi connectivity index (χ0) is 8.55. The van der Waals surface area contributed by atoms with Crippen LogP contribution in [0.15, 0.2) is 28.7 Å². The summed E-state index contributed by atoms with van der Waals surface area (Å²) in [5, 5.41) is 1.20. The molecule has 2 rings (SSSR count). The largest absolute Gasteiger partial charge is 0.460 e. The summed E-state index contributed by atoms with van der Waals surface area (Å²) in [4.78, 5) is 0. The first-order valence-corrected chi connectivity index (χ1v) is 4.54. The van der Waals surface area contributed by atoms with Crippen LogP contribution < -0.4 is 0 Å². The van der Waals surface area contributed by atoms with Crippen molar-refractivity contribution in [2.45, 2.75) is 12.7 Å². The summed E-state index contributed by atoms with van der Waals surface area (Å²) < 4.78 is 5.57. The number of aryl methyl sites for hydroxylation is 1. The fourth-order valence-electron chi connectivity index (χ4n) is 1.38. The molecule has 0 atom stereocenters. The lowest BCUT2D eigenvalue weighted by molar-refractivity contribution is 0.571. The van der Waals surface area contributed by atoms with E-state index in [0.717, 1.165) is 11.3 Å². The summed E-state index contributed by atoms with van der Waals surface area (Å²) in [5.41, 5.74) is 2.17. The summed E-state index contributed by atoms with van der Waals surface area (Å²) in [5.74, 6) is 1.64. The molecule has 0 bridgehead atoms. The van der Waals surface area contributed by atoms with Crippen LogP contribution >= 0.6 is 12.6 Å². The molecule has 0 fully saturated rings. The number of para-hydroxylation sites is 1. The number of hydrogen-bond donors (Lipinski definition) is 1. The van der Waals surface area contributed by atoms with Crippen LogP contribution in [0.5, 0.6) is 0 Å². The smallest absolute Gasteiger partial charge is 0.134 e. The Morgan fingerprint density at radius 1 is 1.33 bits per heavy atom. The van der Waals surface area contributed by atoms with Crippen molar-refractivity contribution in [3.8, 4) is 0 Å². The van der Waals surface area contributed by atoms with Gasteiger partial charge in [-0.3, -0.25) is 0 Å². The lowest BCUT2D eigenvalue weighted by atomic mass is 10.2. The van der Waals surface area contributed by atoms with E-state index in [-0.39, 0.29) is 0 Å². The number of furan rings is 1. The molecular formula is C10H10OS. The molecule has 0 N–H and O–H groups in total. The molecule has 0 aliphatic heterocycles. The highest BCUT2D eigenvalue weighted by Crippen LogP contribution is 2.25. The van der Waals surface area contributed by atoms with Gasteiger partial charge in [0, 0.05) is 11.1 Å². The minimum Gasteiger partial charge on any atom is -0.460 e. The fourth-order valence-corrected chi connectivity index (χ4v) is 1.68. The van der Waals surface area contributed by atoms with Gasteiger partial charge in [0.2, 0.25) is 0 Å². The van der Waals surface area contributed by atoms with E-state index in [1.807, 2.05) is 18.2 Å². The van der Waals surface area contributed by atoms with E-state index in [4.69, 9.17) is 4.42 Å². The van der Waals surface area contributed by atoms with Crippen molar-refractivity contribution in [1.82, 2.24) is 0 Å². The lowest BCUT2D eigenvalue weighted by Gasteiger charge is -1.88. The highest BCUT2D eigenvalue weighted by atomic mass is 32.1. The molecule has 12 heavy (non-hydrogen) atoms. The van der Waals surface area contributed by atoms with Crippen LogP contribution in [0.1, 0.15) is 11.3 Å². The Balaban J connectivity index is 2.78. The van der Waals surface area contributed by atoms with Gasteiger partial charge in [0.15, 0.2) is 0 Å². The summed E-state index contributed by atoms with van der Waals surface area (Å²) >= 11 is 4.20. The number of thiol groups is 1. The summed E-state index contributed by atoms with van der Waals surface area (Å²) in [6.45, 7) is 2.07. The van der Waals surface area contributed by atoms with Crippen LogP contribution in [0.3, 0.4) is 0 Å². The van der Waals surface area contributed by atoms with Gasteiger partial charge in [-0.15, -0.1) is 0 Å². The average molecular weight is 178 g/mol. The average Bonchev–Trinajstić information content (AvgIpc) is 2.44. The van der Waals surface area contributed by atoms with Crippen molar-refractivity contribution in [2.75, 3.05) is 0 Å². The van der Waals surface area contributed by atoms with Crippen LogP contribution in [-0.2, 0) is 5.75 Å². The lowest BCUT2D eigenvalue weighted by Crippen LogP contribution is -1.74. The Labute approximate surface area is 76.8 Å². The zero-order valence-corrected chi connectivity index (χ0v) is 7.77. The molecule has 0 aliphatic carbocycles. The number of rotatable bonds is 1. The van der Waals surface area contributed by atoms with Crippen molar-refractivity contribution >= 4 is 23.6 Å². The van der Waals surface area contributed by atoms with E-state index >= 15 is 0 Å². The third-order valence-corrected chi connectivity index (χ3v) is 2.37. The minimum absolute atomic E-state index is 0.667. The van der Waals surface area contributed by atoms with Crippen molar-refractivity contribution in [3.63, 3.8) is 0 Å². The van der Waals surface area contributed by atoms with E-state index in [2.05, 4.69) is 25.6 Å². The fraction of sp³-hybridized carbons (Fsp3) is 0.200. The van der Waals surface area contributed by atoms with Gasteiger partial charge in [-0.05, 0) is 18.6 Å². The predicted molar refractivity (Wildman–Crippen MR) is 53.6 cm³/mol. The molecule has 2 heteroatoms. The van der Waals surface area contributed by atoms with Gasteiger partial charge < -0.3 is 4.42 Å². The number of hydrogen-bond acceptors (Lipinski definition) is 2. The zero-order valence-electron chi connectivity index (χ0n) is 6.87. The Morgan fingerprint density at radius 2 is 2.08 bits per heavy atom. The molecule has 0 saturated carbocycles. The van der Waals surface area contributed by atoms with E-state index < -0.39 is 0 Å². The molecule has 1 nitrogen and oxygen atoms in total. The summed E-state index contributed by atoms with van der Waals surface area (Å²) in [6.07, 6.45) is 0. The molecular weight excluding hydrogens is 168 g/mol. The topological polar surface area (TPSA) is 13.1 Å². The van der Waals surface area contributed by atoms with E-state index in [0.29, 0.717) is 5.75 Å². The SMILES string of the molecule is Cc1c(CS)oc2ccccc12. The molecule has 0 saturated heterocycles. The Morgan fingerprint density at radius 3 is 2.75 bits per heavy atom. The normalized spacial score (nSPS) is 10.8. The molecule has 1 heterocycles. The number of fused-ring (bicyclic) bond motifs is 1. The third kappa shape index (κ3) is 1.03. The monoisotopic (exact) mass is 178 g/mol. The first-order chi connectivity index (χ1) is 5.83. The van der Waals surface area contributed by atoms with E-state index in [1.165, 1.54) is 10.9 Å². The molecule has 1 aromatic carbocycles. The van der Waals surface area contributed by atoms with Crippen molar-refractivity contribution < 1.29 is 4.42 Å². The molecule has 62 valence electrons. The van der Waals surface area contributed by atoms with Gasteiger partial charge in [-0.1, -0.05) is 18.2 Å². The molecule has 0 spiro atoms. The second-order valence-corrected chi connectivity index (χ2v) is 3.12. The van der Waals surface area contributed by atoms with Gasteiger partial charge in [-0.2, -0.15) is 12.6 Å². The van der Waals surface area contributed by atoms with Gasteiger partial charge in [-0.25, -0.2) is 0 Å². The van der Waals surface area contributed by atoms with Crippen molar-refractivity contribution in [3.05, 3.63) is 35.6 Å². The molecule has 0 aliphatic rings. The van der Waals surface area contributed by atoms with Gasteiger partial charge in [0.25, 0.3) is 0 Å². The first kappa shape index (κ1) is 7.74. The van der Waals surface area contributed by atoms with Crippen molar-refractivity contribution in [2.24, 2.45) is 0 Å². The molecule has 0 amide bonds. The van der Waals surface area contributed by atoms with Crippen LogP contribution in [0.2, 0.25) is 0 Å². The predicted octanol–water partition coefficient (Wildman–Crippen LogP) is 3.17. The Bertz CT molecular complexity index is 403. The van der Waals surface area contributed by atoms with Gasteiger partial charge >= 0.3 is 0 Å². The first-order valence-electron chi connectivity index (χ1n) is 3.91. The minimum atomic E-state index is 0.667. The Hall–Kier alpha value is -0.890. The quantitative estimate of drug-likeness (QED) is 0.662. The molecule has 2 aromatic rings. The number of benzene rings is 1. The van der Waals surface area contributed by atoms with E-state index in [1.54, 1.807) is 0 Å². The van der Waals surface area contributed by atoms with E-state index in [9.17, 15) is 0 Å². The standard InChI is InChI=1S/C10H10OS/c1-7-8-4-2-3-5-9(8)11-10(7)6-12/h2-5,12H,6H2,1H3. The maximum atomic E-state index is 5.57. The maximum Gasteiger partial charge on any atom is 0.134 e. The van der Waals surface area contributed by atoms with Crippen LogP contribution in [0, 0.1) is 6.92 Å².